The molecule has 180 valence electrons. The summed E-state index contributed by atoms with van der Waals surface area (Å²) in [6.07, 6.45) is -2.15. The van der Waals surface area contributed by atoms with Crippen molar-refractivity contribution < 1.29 is 27.5 Å². The summed E-state index contributed by atoms with van der Waals surface area (Å²) in [6.45, 7) is 2.61. The van der Waals surface area contributed by atoms with Gasteiger partial charge in [-0.1, -0.05) is 18.2 Å². The summed E-state index contributed by atoms with van der Waals surface area (Å²) in [5.41, 5.74) is 0.891. The number of anilines is 1. The van der Waals surface area contributed by atoms with E-state index in [-0.39, 0.29) is 16.9 Å². The molecule has 2 heterocycles. The van der Waals surface area contributed by atoms with Crippen LogP contribution < -0.4 is 5.32 Å². The predicted octanol–water partition coefficient (Wildman–Crippen LogP) is 3.88. The predicted molar refractivity (Wildman–Crippen MR) is 118 cm³/mol. The molecule has 1 amide bonds. The van der Waals surface area contributed by atoms with Crippen molar-refractivity contribution in [2.45, 2.75) is 20.0 Å². The van der Waals surface area contributed by atoms with Gasteiger partial charge in [-0.3, -0.25) is 4.79 Å². The summed E-state index contributed by atoms with van der Waals surface area (Å²) >= 11 is 0. The van der Waals surface area contributed by atoms with E-state index in [1.165, 1.54) is 17.3 Å². The van der Waals surface area contributed by atoms with Crippen molar-refractivity contribution in [1.29, 1.82) is 0 Å². The van der Waals surface area contributed by atoms with Gasteiger partial charge in [0.1, 0.15) is 18.2 Å². The first-order valence-corrected chi connectivity index (χ1v) is 10.3. The highest BCUT2D eigenvalue weighted by atomic mass is 19.4. The van der Waals surface area contributed by atoms with Gasteiger partial charge in [-0.25, -0.2) is 19.1 Å². The van der Waals surface area contributed by atoms with E-state index in [0.29, 0.717) is 11.4 Å². The van der Waals surface area contributed by atoms with Crippen molar-refractivity contribution in [2.75, 3.05) is 11.9 Å². The number of halogens is 3. The SMILES string of the molecule is Cc1nn(-c2ccccc2)c(C)c1C(=O)OCC(=O)Nc1cc(C(F)(F)F)ccc1-n1cncn1. The van der Waals surface area contributed by atoms with Crippen LogP contribution in [0.3, 0.4) is 0 Å². The molecule has 4 rings (SSSR count). The van der Waals surface area contributed by atoms with E-state index in [9.17, 15) is 22.8 Å². The molecule has 0 unspecified atom stereocenters. The van der Waals surface area contributed by atoms with Crippen molar-refractivity contribution in [3.05, 3.63) is 83.7 Å². The summed E-state index contributed by atoms with van der Waals surface area (Å²) in [5, 5.41) is 10.6. The van der Waals surface area contributed by atoms with Crippen molar-refractivity contribution in [1.82, 2.24) is 24.5 Å². The normalized spacial score (nSPS) is 11.3. The number of para-hydroxylation sites is 1. The number of amides is 1. The number of nitrogens with zero attached hydrogens (tertiary/aromatic N) is 5. The second-order valence-electron chi connectivity index (χ2n) is 7.49. The molecule has 4 aromatic rings. The van der Waals surface area contributed by atoms with Gasteiger partial charge >= 0.3 is 12.1 Å². The Kier molecular flexibility index (Phi) is 6.36. The summed E-state index contributed by atoms with van der Waals surface area (Å²) in [7, 11) is 0. The Hall–Kier alpha value is -4.48. The first-order valence-electron chi connectivity index (χ1n) is 10.3. The van der Waals surface area contributed by atoms with Gasteiger partial charge in [0.25, 0.3) is 5.91 Å². The number of nitrogens with one attached hydrogen (secondary N) is 1. The van der Waals surface area contributed by atoms with E-state index in [2.05, 4.69) is 20.5 Å². The fraction of sp³-hybridized carbons (Fsp3) is 0.174. The van der Waals surface area contributed by atoms with Crippen molar-refractivity contribution in [2.24, 2.45) is 0 Å². The lowest BCUT2D eigenvalue weighted by Gasteiger charge is -2.14. The molecule has 0 spiro atoms. The van der Waals surface area contributed by atoms with Crippen LogP contribution in [0.15, 0.2) is 61.2 Å². The maximum atomic E-state index is 13.2. The average Bonchev–Trinajstić information content (AvgIpc) is 3.45. The molecular formula is C23H19F3N6O3. The molecule has 12 heteroatoms. The summed E-state index contributed by atoms with van der Waals surface area (Å²) in [5.74, 6) is -1.61. The number of hydrogen-bond acceptors (Lipinski definition) is 6. The van der Waals surface area contributed by atoms with Crippen LogP contribution >= 0.6 is 0 Å². The zero-order chi connectivity index (χ0) is 25.2. The van der Waals surface area contributed by atoms with Crippen LogP contribution in [0.2, 0.25) is 0 Å². The first kappa shape index (κ1) is 23.7. The Morgan fingerprint density at radius 1 is 1.09 bits per heavy atom. The van der Waals surface area contributed by atoms with E-state index >= 15 is 0 Å². The Morgan fingerprint density at radius 3 is 2.49 bits per heavy atom. The molecule has 1 N–H and O–H groups in total. The molecule has 0 saturated heterocycles. The van der Waals surface area contributed by atoms with Crippen molar-refractivity contribution >= 4 is 17.6 Å². The highest BCUT2D eigenvalue weighted by molar-refractivity contribution is 5.97. The van der Waals surface area contributed by atoms with Crippen molar-refractivity contribution in [3.63, 3.8) is 0 Å². The number of ether oxygens (including phenoxy) is 1. The summed E-state index contributed by atoms with van der Waals surface area (Å²) in [6, 6.07) is 11.9. The molecule has 0 saturated carbocycles. The average molecular weight is 484 g/mol. The van der Waals surface area contributed by atoms with E-state index in [4.69, 9.17) is 4.74 Å². The molecule has 0 aliphatic rings. The van der Waals surface area contributed by atoms with E-state index < -0.39 is 30.2 Å². The monoisotopic (exact) mass is 484 g/mol. The minimum Gasteiger partial charge on any atom is -0.452 e. The first-order chi connectivity index (χ1) is 16.6. The van der Waals surface area contributed by atoms with E-state index in [0.717, 1.165) is 23.9 Å². The van der Waals surface area contributed by atoms with Crippen molar-refractivity contribution in [3.8, 4) is 11.4 Å². The van der Waals surface area contributed by atoms with Crippen LogP contribution in [0.5, 0.6) is 0 Å². The molecule has 0 aliphatic heterocycles. The second-order valence-corrected chi connectivity index (χ2v) is 7.49. The van der Waals surface area contributed by atoms with Crippen LogP contribution in [0, 0.1) is 13.8 Å². The fourth-order valence-corrected chi connectivity index (χ4v) is 3.49. The third-order valence-corrected chi connectivity index (χ3v) is 5.09. The molecule has 0 atom stereocenters. The van der Waals surface area contributed by atoms with Crippen LogP contribution in [-0.4, -0.2) is 43.0 Å². The van der Waals surface area contributed by atoms with E-state index in [1.54, 1.807) is 18.5 Å². The topological polar surface area (TPSA) is 104 Å². The maximum Gasteiger partial charge on any atom is 0.416 e. The van der Waals surface area contributed by atoms with Gasteiger partial charge in [0.05, 0.1) is 34.0 Å². The molecule has 9 nitrogen and oxygen atoms in total. The minimum absolute atomic E-state index is 0.158. The summed E-state index contributed by atoms with van der Waals surface area (Å²) in [4.78, 5) is 29.0. The zero-order valence-corrected chi connectivity index (χ0v) is 18.6. The molecule has 2 aromatic heterocycles. The number of rotatable bonds is 6. The number of aryl methyl sites for hydroxylation is 1. The third kappa shape index (κ3) is 5.05. The lowest BCUT2D eigenvalue weighted by atomic mass is 10.1. The third-order valence-electron chi connectivity index (χ3n) is 5.09. The molecule has 0 aliphatic carbocycles. The molecule has 0 bridgehead atoms. The molecule has 0 radical (unpaired) electrons. The molecule has 0 fully saturated rings. The number of aromatic nitrogens is 5. The number of benzene rings is 2. The molecule has 2 aromatic carbocycles. The number of alkyl halides is 3. The van der Waals surface area contributed by atoms with Crippen LogP contribution in [0.1, 0.15) is 27.3 Å². The minimum atomic E-state index is -4.62. The van der Waals surface area contributed by atoms with Gasteiger partial charge < -0.3 is 10.1 Å². The van der Waals surface area contributed by atoms with Gasteiger partial charge in [-0.15, -0.1) is 0 Å². The smallest absolute Gasteiger partial charge is 0.416 e. The number of carbonyl (C=O) groups is 2. The largest absolute Gasteiger partial charge is 0.452 e. The zero-order valence-electron chi connectivity index (χ0n) is 18.6. The summed E-state index contributed by atoms with van der Waals surface area (Å²) < 4.78 is 47.5. The van der Waals surface area contributed by atoms with Crippen LogP contribution in [0.4, 0.5) is 18.9 Å². The lowest BCUT2D eigenvalue weighted by molar-refractivity contribution is -0.137. The van der Waals surface area contributed by atoms with Gasteiger partial charge in [-0.2, -0.15) is 23.4 Å². The Balaban J connectivity index is 1.50. The number of hydrogen-bond donors (Lipinski definition) is 1. The van der Waals surface area contributed by atoms with E-state index in [1.807, 2.05) is 30.3 Å². The maximum absolute atomic E-state index is 13.2. The van der Waals surface area contributed by atoms with Gasteiger partial charge in [0.15, 0.2) is 6.61 Å². The molecule has 35 heavy (non-hydrogen) atoms. The number of esters is 1. The van der Waals surface area contributed by atoms with Gasteiger partial charge in [0.2, 0.25) is 0 Å². The quantitative estimate of drug-likeness (QED) is 0.417. The molecular weight excluding hydrogens is 465 g/mol. The fourth-order valence-electron chi connectivity index (χ4n) is 3.49. The Bertz CT molecular complexity index is 1370. The Morgan fingerprint density at radius 2 is 1.83 bits per heavy atom. The second kappa shape index (κ2) is 9.41. The van der Waals surface area contributed by atoms with Gasteiger partial charge in [0, 0.05) is 0 Å². The highest BCUT2D eigenvalue weighted by Crippen LogP contribution is 2.33. The highest BCUT2D eigenvalue weighted by Gasteiger charge is 2.31. The van der Waals surface area contributed by atoms with Crippen LogP contribution in [0.25, 0.3) is 11.4 Å². The standard InChI is InChI=1S/C23H19F3N6O3/c1-14-21(15(2)32(30-14)17-6-4-3-5-7-17)22(34)35-11-20(33)29-18-10-16(23(24,25)26)8-9-19(18)31-13-27-12-28-31/h3-10,12-13H,11H2,1-2H3,(H,29,33). The number of carbonyl (C=O) groups excluding carboxylic acids is 2. The lowest BCUT2D eigenvalue weighted by Crippen LogP contribution is -2.22. The Labute approximate surface area is 197 Å². The van der Waals surface area contributed by atoms with Gasteiger partial charge in [-0.05, 0) is 44.2 Å². The van der Waals surface area contributed by atoms with Crippen LogP contribution in [-0.2, 0) is 15.7 Å².